The van der Waals surface area contributed by atoms with Crippen LogP contribution >= 0.6 is 0 Å². The zero-order valence-corrected chi connectivity index (χ0v) is 16.7. The monoisotopic (exact) mass is 410 g/mol. The fourth-order valence-corrected chi connectivity index (χ4v) is 3.59. The summed E-state index contributed by atoms with van der Waals surface area (Å²) in [6.45, 7) is 4.11. The summed E-state index contributed by atoms with van der Waals surface area (Å²) in [5.74, 6) is 0.899. The van der Waals surface area contributed by atoms with Crippen LogP contribution < -0.4 is 10.5 Å². The predicted octanol–water partition coefficient (Wildman–Crippen LogP) is 1.34. The number of hydrogen-bond donors (Lipinski definition) is 2. The molecule has 1 saturated heterocycles. The fraction of sp³-hybridized carbons (Fsp3) is 0.364. The molecule has 1 atom stereocenters. The van der Waals surface area contributed by atoms with E-state index < -0.39 is 6.10 Å². The van der Waals surface area contributed by atoms with Gasteiger partial charge < -0.3 is 20.0 Å². The van der Waals surface area contributed by atoms with Crippen LogP contribution in [0.15, 0.2) is 52.9 Å². The number of aliphatic hydroxyl groups is 1. The Hall–Kier alpha value is -2.94. The maximum Gasteiger partial charge on any atom is 0.231 e. The van der Waals surface area contributed by atoms with Crippen LogP contribution in [-0.2, 0) is 4.79 Å². The van der Waals surface area contributed by atoms with Crippen molar-refractivity contribution in [3.63, 3.8) is 0 Å². The molecule has 8 heteroatoms. The van der Waals surface area contributed by atoms with Crippen molar-refractivity contribution in [2.24, 2.45) is 5.73 Å². The van der Waals surface area contributed by atoms with Crippen molar-refractivity contribution in [1.29, 1.82) is 0 Å². The van der Waals surface area contributed by atoms with Crippen LogP contribution in [0.2, 0.25) is 0 Å². The number of benzene rings is 2. The molecule has 2 heterocycles. The van der Waals surface area contributed by atoms with Gasteiger partial charge in [0, 0.05) is 44.4 Å². The lowest BCUT2D eigenvalue weighted by molar-refractivity contribution is -0.119. The predicted molar refractivity (Wildman–Crippen MR) is 113 cm³/mol. The summed E-state index contributed by atoms with van der Waals surface area (Å²) in [5.41, 5.74) is 7.56. The molecular weight excluding hydrogens is 384 g/mol. The summed E-state index contributed by atoms with van der Waals surface area (Å²) < 4.78 is 11.6. The highest BCUT2D eigenvalue weighted by atomic mass is 16.5. The second kappa shape index (κ2) is 9.25. The molecule has 3 N–H and O–H groups in total. The highest BCUT2D eigenvalue weighted by Gasteiger charge is 2.20. The van der Waals surface area contributed by atoms with Gasteiger partial charge in [-0.1, -0.05) is 18.2 Å². The first kappa shape index (κ1) is 20.3. The number of carbonyl (C=O) groups is 1. The topological polar surface area (TPSA) is 105 Å². The largest absolute Gasteiger partial charge is 0.491 e. The molecule has 1 aliphatic heterocycles. The standard InChI is InChI=1S/C22H26N4O4/c23-21(28)14-26-10-8-25(9-11-26)13-17(27)15-29-18-6-7-20-19(12-18)24-22(30-20)16-4-2-1-3-5-16/h1-7,12,17,27H,8-11,13-15H2,(H2,23,28)/t17-/m1/s1. The number of primary amides is 1. The normalized spacial score (nSPS) is 16.6. The van der Waals surface area contributed by atoms with E-state index in [1.54, 1.807) is 0 Å². The van der Waals surface area contributed by atoms with Crippen molar-refractivity contribution < 1.29 is 19.1 Å². The quantitative estimate of drug-likeness (QED) is 0.577. The van der Waals surface area contributed by atoms with Gasteiger partial charge in [0.2, 0.25) is 11.8 Å². The lowest BCUT2D eigenvalue weighted by Gasteiger charge is -2.34. The minimum Gasteiger partial charge on any atom is -0.491 e. The van der Waals surface area contributed by atoms with Crippen molar-refractivity contribution in [1.82, 2.24) is 14.8 Å². The van der Waals surface area contributed by atoms with Crippen LogP contribution in [0.3, 0.4) is 0 Å². The summed E-state index contributed by atoms with van der Waals surface area (Å²) in [6, 6.07) is 15.2. The molecule has 0 aliphatic carbocycles. The van der Waals surface area contributed by atoms with Gasteiger partial charge in [0.1, 0.15) is 24.0 Å². The van der Waals surface area contributed by atoms with Crippen LogP contribution in [0.4, 0.5) is 0 Å². The highest BCUT2D eigenvalue weighted by molar-refractivity contribution is 5.77. The Bertz CT molecular complexity index is 983. The average Bonchev–Trinajstić information content (AvgIpc) is 3.17. The lowest BCUT2D eigenvalue weighted by atomic mass is 10.2. The van der Waals surface area contributed by atoms with Crippen molar-refractivity contribution >= 4 is 17.0 Å². The third kappa shape index (κ3) is 5.15. The summed E-state index contributed by atoms with van der Waals surface area (Å²) in [5, 5.41) is 10.4. The Labute approximate surface area is 174 Å². The molecule has 30 heavy (non-hydrogen) atoms. The van der Waals surface area contributed by atoms with Crippen LogP contribution in [0.1, 0.15) is 0 Å². The molecule has 0 unspecified atom stereocenters. The molecule has 0 radical (unpaired) electrons. The lowest BCUT2D eigenvalue weighted by Crippen LogP contribution is -2.50. The molecule has 158 valence electrons. The Balaban J connectivity index is 1.29. The second-order valence-electron chi connectivity index (χ2n) is 7.52. The molecular formula is C22H26N4O4. The minimum absolute atomic E-state index is 0.191. The zero-order chi connectivity index (χ0) is 20.9. The van der Waals surface area contributed by atoms with E-state index in [0.29, 0.717) is 29.3 Å². The number of hydrogen-bond acceptors (Lipinski definition) is 7. The number of rotatable bonds is 8. The van der Waals surface area contributed by atoms with Gasteiger partial charge in [-0.2, -0.15) is 0 Å². The van der Waals surface area contributed by atoms with Gasteiger partial charge in [0.25, 0.3) is 0 Å². The van der Waals surface area contributed by atoms with E-state index >= 15 is 0 Å². The van der Waals surface area contributed by atoms with E-state index in [2.05, 4.69) is 9.88 Å². The van der Waals surface area contributed by atoms with Crippen LogP contribution in [0.5, 0.6) is 5.75 Å². The first-order valence-corrected chi connectivity index (χ1v) is 10.1. The number of oxazole rings is 1. The first-order valence-electron chi connectivity index (χ1n) is 10.1. The van der Waals surface area contributed by atoms with Crippen LogP contribution in [-0.4, -0.2) is 77.8 Å². The van der Waals surface area contributed by atoms with Gasteiger partial charge in [-0.25, -0.2) is 4.98 Å². The Morgan fingerprint density at radius 3 is 2.60 bits per heavy atom. The molecule has 1 aromatic heterocycles. The van der Waals surface area contributed by atoms with Gasteiger partial charge in [-0.3, -0.25) is 14.6 Å². The molecule has 8 nitrogen and oxygen atoms in total. The van der Waals surface area contributed by atoms with Gasteiger partial charge in [-0.05, 0) is 24.3 Å². The summed E-state index contributed by atoms with van der Waals surface area (Å²) in [6.07, 6.45) is -0.611. The first-order chi connectivity index (χ1) is 14.6. The molecule has 0 spiro atoms. The van der Waals surface area contributed by atoms with E-state index in [9.17, 15) is 9.90 Å². The maximum absolute atomic E-state index is 11.0. The number of piperazine rings is 1. The Kier molecular flexibility index (Phi) is 6.27. The van der Waals surface area contributed by atoms with Crippen molar-refractivity contribution in [3.8, 4) is 17.2 Å². The summed E-state index contributed by atoms with van der Waals surface area (Å²) >= 11 is 0. The van der Waals surface area contributed by atoms with Crippen LogP contribution in [0.25, 0.3) is 22.6 Å². The molecule has 0 saturated carbocycles. The molecule has 0 bridgehead atoms. The molecule has 1 aliphatic rings. The minimum atomic E-state index is -0.611. The van der Waals surface area contributed by atoms with E-state index in [0.717, 1.165) is 31.7 Å². The Morgan fingerprint density at radius 1 is 1.13 bits per heavy atom. The Morgan fingerprint density at radius 2 is 1.87 bits per heavy atom. The molecule has 2 aromatic carbocycles. The number of β-amino-alcohol motifs (C(OH)–C–C–N with tert-alkyl or cyclic N) is 1. The van der Waals surface area contributed by atoms with Crippen molar-refractivity contribution in [3.05, 3.63) is 48.5 Å². The second-order valence-corrected chi connectivity index (χ2v) is 7.52. The third-order valence-corrected chi connectivity index (χ3v) is 5.14. The van der Waals surface area contributed by atoms with E-state index in [1.165, 1.54) is 0 Å². The number of carbonyl (C=O) groups excluding carboxylic acids is 1. The molecule has 1 fully saturated rings. The highest BCUT2D eigenvalue weighted by Crippen LogP contribution is 2.26. The number of amides is 1. The van der Waals surface area contributed by atoms with Gasteiger partial charge >= 0.3 is 0 Å². The third-order valence-electron chi connectivity index (χ3n) is 5.14. The number of aromatic nitrogens is 1. The fourth-order valence-electron chi connectivity index (χ4n) is 3.59. The summed E-state index contributed by atoms with van der Waals surface area (Å²) in [7, 11) is 0. The number of aliphatic hydroxyl groups excluding tert-OH is 1. The van der Waals surface area contributed by atoms with Crippen molar-refractivity contribution in [2.75, 3.05) is 45.9 Å². The molecule has 3 aromatic rings. The smallest absolute Gasteiger partial charge is 0.231 e. The van der Waals surface area contributed by atoms with Gasteiger partial charge in [-0.15, -0.1) is 0 Å². The molecule has 1 amide bonds. The number of nitrogens with two attached hydrogens (primary N) is 1. The number of fused-ring (bicyclic) bond motifs is 1. The van der Waals surface area contributed by atoms with Crippen molar-refractivity contribution in [2.45, 2.75) is 6.10 Å². The SMILES string of the molecule is NC(=O)CN1CCN(C[C@@H](O)COc2ccc3oc(-c4ccccc4)nc3c2)CC1. The van der Waals surface area contributed by atoms with Crippen LogP contribution in [0, 0.1) is 0 Å². The molecule has 4 rings (SSSR count). The van der Waals surface area contributed by atoms with E-state index in [1.807, 2.05) is 53.4 Å². The maximum atomic E-state index is 11.0. The van der Waals surface area contributed by atoms with E-state index in [4.69, 9.17) is 14.9 Å². The zero-order valence-electron chi connectivity index (χ0n) is 16.7. The van der Waals surface area contributed by atoms with Gasteiger partial charge in [0.05, 0.1) is 6.54 Å². The van der Waals surface area contributed by atoms with Gasteiger partial charge in [0.15, 0.2) is 5.58 Å². The number of nitrogens with zero attached hydrogens (tertiary/aromatic N) is 3. The number of ether oxygens (including phenoxy) is 1. The average molecular weight is 410 g/mol. The summed E-state index contributed by atoms with van der Waals surface area (Å²) in [4.78, 5) is 19.7. The van der Waals surface area contributed by atoms with E-state index in [-0.39, 0.29) is 19.1 Å².